The molecule has 1 N–H and O–H groups in total. The summed E-state index contributed by atoms with van der Waals surface area (Å²) in [7, 11) is 0. The molecule has 2 amide bonds. The lowest BCUT2D eigenvalue weighted by atomic mass is 10.2. The average Bonchev–Trinajstić information content (AvgIpc) is 2.78. The number of nitriles is 1. The van der Waals surface area contributed by atoms with Crippen molar-refractivity contribution in [3.8, 4) is 6.07 Å². The van der Waals surface area contributed by atoms with E-state index in [9.17, 15) is 9.59 Å². The zero-order valence-corrected chi connectivity index (χ0v) is 18.1. The highest BCUT2D eigenvalue weighted by atomic mass is 35.5. The first-order chi connectivity index (χ1) is 15.1. The molecular weight excluding hydrogens is 414 g/mol. The number of hydrogen-bond acceptors (Lipinski definition) is 5. The highest BCUT2D eigenvalue weighted by molar-refractivity contribution is 6.33. The van der Waals surface area contributed by atoms with E-state index in [1.807, 2.05) is 42.5 Å². The Morgan fingerprint density at radius 1 is 0.968 bits per heavy atom. The first-order valence-corrected chi connectivity index (χ1v) is 10.7. The Hall–Kier alpha value is -2.92. The Labute approximate surface area is 187 Å². The largest absolute Gasteiger partial charge is 0.324 e. The minimum atomic E-state index is -0.107. The quantitative estimate of drug-likeness (QED) is 0.684. The fraction of sp³-hybridized carbons (Fsp3) is 0.348. The summed E-state index contributed by atoms with van der Waals surface area (Å²) in [6.07, 6.45) is 0.287. The second kappa shape index (κ2) is 11.5. The lowest BCUT2D eigenvalue weighted by molar-refractivity contribution is -0.121. The van der Waals surface area contributed by atoms with Crippen LogP contribution in [0.1, 0.15) is 6.42 Å². The molecule has 0 bridgehead atoms. The third-order valence-electron chi connectivity index (χ3n) is 5.16. The van der Waals surface area contributed by atoms with E-state index < -0.39 is 0 Å². The number of nitrogens with one attached hydrogen (secondary N) is 1. The number of amides is 2. The topological polar surface area (TPSA) is 79.7 Å². The summed E-state index contributed by atoms with van der Waals surface area (Å²) in [6, 6.07) is 18.7. The van der Waals surface area contributed by atoms with Crippen LogP contribution in [0.2, 0.25) is 5.02 Å². The molecule has 0 aliphatic carbocycles. The molecule has 1 fully saturated rings. The molecule has 0 saturated carbocycles. The van der Waals surface area contributed by atoms with Gasteiger partial charge in [0.05, 0.1) is 36.3 Å². The summed E-state index contributed by atoms with van der Waals surface area (Å²) in [5.74, 6) is -0.129. The molecule has 0 unspecified atom stereocenters. The summed E-state index contributed by atoms with van der Waals surface area (Å²) < 4.78 is 0. The third-order valence-corrected chi connectivity index (χ3v) is 5.48. The minimum absolute atomic E-state index is 0.0219. The molecule has 0 atom stereocenters. The third kappa shape index (κ3) is 6.79. The molecule has 162 valence electrons. The van der Waals surface area contributed by atoms with Gasteiger partial charge in [0.2, 0.25) is 11.8 Å². The number of para-hydroxylation sites is 2. The van der Waals surface area contributed by atoms with E-state index >= 15 is 0 Å². The molecule has 1 heterocycles. The minimum Gasteiger partial charge on any atom is -0.324 e. The highest BCUT2D eigenvalue weighted by Gasteiger charge is 2.23. The summed E-state index contributed by atoms with van der Waals surface area (Å²) in [4.78, 5) is 31.1. The van der Waals surface area contributed by atoms with Crippen LogP contribution in [0.4, 0.5) is 11.4 Å². The van der Waals surface area contributed by atoms with Gasteiger partial charge in [-0.05, 0) is 24.3 Å². The second-order valence-electron chi connectivity index (χ2n) is 7.37. The molecule has 0 spiro atoms. The van der Waals surface area contributed by atoms with Crippen LogP contribution in [0.3, 0.4) is 0 Å². The van der Waals surface area contributed by atoms with E-state index in [0.29, 0.717) is 50.0 Å². The molecule has 2 aromatic rings. The van der Waals surface area contributed by atoms with Crippen LogP contribution < -0.4 is 10.2 Å². The second-order valence-corrected chi connectivity index (χ2v) is 7.78. The zero-order valence-electron chi connectivity index (χ0n) is 17.3. The van der Waals surface area contributed by atoms with E-state index in [-0.39, 0.29) is 24.8 Å². The van der Waals surface area contributed by atoms with Crippen LogP contribution in [0.25, 0.3) is 0 Å². The van der Waals surface area contributed by atoms with E-state index in [4.69, 9.17) is 16.9 Å². The molecule has 1 aliphatic rings. The van der Waals surface area contributed by atoms with Gasteiger partial charge in [0.1, 0.15) is 0 Å². The molecule has 0 aromatic heterocycles. The summed E-state index contributed by atoms with van der Waals surface area (Å²) >= 11 is 6.09. The summed E-state index contributed by atoms with van der Waals surface area (Å²) in [6.45, 7) is 3.75. The zero-order chi connectivity index (χ0) is 22.1. The molecule has 1 aliphatic heterocycles. The number of anilines is 2. The Morgan fingerprint density at radius 2 is 1.58 bits per heavy atom. The maximum absolute atomic E-state index is 12.9. The molecule has 1 saturated heterocycles. The molecule has 3 rings (SSSR count). The van der Waals surface area contributed by atoms with E-state index in [1.54, 1.807) is 17.0 Å². The van der Waals surface area contributed by atoms with Crippen molar-refractivity contribution in [2.75, 3.05) is 56.0 Å². The summed E-state index contributed by atoms with van der Waals surface area (Å²) in [5, 5.41) is 12.3. The Balaban J connectivity index is 1.47. The van der Waals surface area contributed by atoms with E-state index in [2.05, 4.69) is 21.2 Å². The molecule has 0 radical (unpaired) electrons. The SMILES string of the molecule is N#CCCN(C(=O)CN1CCN(CC(=O)Nc2ccccc2Cl)CC1)c1ccccc1. The molecule has 2 aromatic carbocycles. The van der Waals surface area contributed by atoms with Gasteiger partial charge >= 0.3 is 0 Å². The van der Waals surface area contributed by atoms with Crippen molar-refractivity contribution in [1.82, 2.24) is 9.80 Å². The molecule has 7 nitrogen and oxygen atoms in total. The predicted molar refractivity (Wildman–Crippen MR) is 122 cm³/mol. The van der Waals surface area contributed by atoms with Crippen molar-refractivity contribution in [3.63, 3.8) is 0 Å². The lowest BCUT2D eigenvalue weighted by Crippen LogP contribution is -2.51. The first kappa shape index (κ1) is 22.8. The van der Waals surface area contributed by atoms with Crippen molar-refractivity contribution < 1.29 is 9.59 Å². The van der Waals surface area contributed by atoms with E-state index in [1.165, 1.54) is 0 Å². The fourth-order valence-electron chi connectivity index (χ4n) is 3.51. The number of nitrogens with zero attached hydrogens (tertiary/aromatic N) is 4. The fourth-order valence-corrected chi connectivity index (χ4v) is 3.69. The van der Waals surface area contributed by atoms with Gasteiger partial charge in [-0.25, -0.2) is 0 Å². The lowest BCUT2D eigenvalue weighted by Gasteiger charge is -2.35. The maximum atomic E-state index is 12.9. The monoisotopic (exact) mass is 439 g/mol. The van der Waals surface area contributed by atoms with Gasteiger partial charge < -0.3 is 10.2 Å². The van der Waals surface area contributed by atoms with Gasteiger partial charge in [-0.1, -0.05) is 41.9 Å². The number of rotatable bonds is 8. The van der Waals surface area contributed by atoms with Crippen LogP contribution in [-0.2, 0) is 9.59 Å². The van der Waals surface area contributed by atoms with Crippen LogP contribution >= 0.6 is 11.6 Å². The van der Waals surface area contributed by atoms with E-state index in [0.717, 1.165) is 5.69 Å². The number of carbonyl (C=O) groups is 2. The highest BCUT2D eigenvalue weighted by Crippen LogP contribution is 2.20. The predicted octanol–water partition coefficient (Wildman–Crippen LogP) is 2.84. The molecule has 31 heavy (non-hydrogen) atoms. The van der Waals surface area contributed by atoms with Gasteiger partial charge in [0.15, 0.2) is 0 Å². The van der Waals surface area contributed by atoms with Gasteiger partial charge in [0.25, 0.3) is 0 Å². The van der Waals surface area contributed by atoms with Crippen LogP contribution in [0.15, 0.2) is 54.6 Å². The van der Waals surface area contributed by atoms with Crippen LogP contribution in [0.5, 0.6) is 0 Å². The van der Waals surface area contributed by atoms with Crippen LogP contribution in [-0.4, -0.2) is 67.4 Å². The van der Waals surface area contributed by atoms with Gasteiger partial charge in [-0.15, -0.1) is 0 Å². The van der Waals surface area contributed by atoms with Crippen molar-refractivity contribution >= 4 is 34.8 Å². The van der Waals surface area contributed by atoms with Gasteiger partial charge in [-0.3, -0.25) is 19.4 Å². The standard InChI is InChI=1S/C23H26ClN5O2/c24-20-9-4-5-10-21(20)26-22(30)17-27-13-15-28(16-14-27)18-23(31)29(12-6-11-25)19-7-2-1-3-8-19/h1-5,7-10H,6,12-18H2,(H,26,30). The number of hydrogen-bond donors (Lipinski definition) is 1. The number of benzene rings is 2. The van der Waals surface area contributed by atoms with Crippen LogP contribution in [0, 0.1) is 11.3 Å². The number of piperazine rings is 1. The number of carbonyl (C=O) groups excluding carboxylic acids is 2. The van der Waals surface area contributed by atoms with Crippen molar-refractivity contribution in [2.24, 2.45) is 0 Å². The smallest absolute Gasteiger partial charge is 0.241 e. The van der Waals surface area contributed by atoms with Gasteiger partial charge in [0, 0.05) is 38.4 Å². The molecular formula is C23H26ClN5O2. The summed E-state index contributed by atoms with van der Waals surface area (Å²) in [5.41, 5.74) is 1.41. The Morgan fingerprint density at radius 3 is 2.23 bits per heavy atom. The van der Waals surface area contributed by atoms with Crippen molar-refractivity contribution in [3.05, 3.63) is 59.6 Å². The average molecular weight is 440 g/mol. The normalized spacial score (nSPS) is 14.6. The van der Waals surface area contributed by atoms with Crippen molar-refractivity contribution in [1.29, 1.82) is 5.26 Å². The first-order valence-electron chi connectivity index (χ1n) is 10.3. The Kier molecular flexibility index (Phi) is 8.42. The maximum Gasteiger partial charge on any atom is 0.241 e. The Bertz CT molecular complexity index is 923. The molecule has 8 heteroatoms. The van der Waals surface area contributed by atoms with Gasteiger partial charge in [-0.2, -0.15) is 5.26 Å². The van der Waals surface area contributed by atoms with Crippen molar-refractivity contribution in [2.45, 2.75) is 6.42 Å². The number of halogens is 1.